The molecule has 29 heavy (non-hydrogen) atoms. The molecule has 0 saturated heterocycles. The Balaban J connectivity index is 2.27. The van der Waals surface area contributed by atoms with E-state index in [4.69, 9.17) is 4.74 Å². The number of nitro groups is 1. The SMILES string of the molecule is COc1ccc([N+](=O)[O-])cc1NS(=O)(=O)c1cccc(C(=O)NCCC(C)C)c1. The molecular formula is C19H23N3O6S. The maximum absolute atomic E-state index is 12.8. The molecule has 0 heterocycles. The number of nitrogens with zero attached hydrogens (tertiary/aromatic N) is 1. The van der Waals surface area contributed by atoms with E-state index in [2.05, 4.69) is 10.0 Å². The van der Waals surface area contributed by atoms with Crippen molar-refractivity contribution in [2.24, 2.45) is 5.92 Å². The maximum Gasteiger partial charge on any atom is 0.271 e. The number of carbonyl (C=O) groups excluding carboxylic acids is 1. The number of hydrogen-bond acceptors (Lipinski definition) is 6. The van der Waals surface area contributed by atoms with Gasteiger partial charge in [-0.05, 0) is 36.6 Å². The lowest BCUT2D eigenvalue weighted by atomic mass is 10.1. The first-order valence-corrected chi connectivity index (χ1v) is 10.4. The first kappa shape index (κ1) is 22.2. The topological polar surface area (TPSA) is 128 Å². The average Bonchev–Trinajstić information content (AvgIpc) is 2.67. The number of amides is 1. The monoisotopic (exact) mass is 421 g/mol. The summed E-state index contributed by atoms with van der Waals surface area (Å²) in [6, 6.07) is 9.12. The number of methoxy groups -OCH3 is 1. The van der Waals surface area contributed by atoms with Crippen LogP contribution in [-0.2, 0) is 10.0 Å². The summed E-state index contributed by atoms with van der Waals surface area (Å²) in [4.78, 5) is 22.5. The van der Waals surface area contributed by atoms with Gasteiger partial charge in [-0.25, -0.2) is 8.42 Å². The standard InChI is InChI=1S/C19H23N3O6S/c1-13(2)9-10-20-19(23)14-5-4-6-16(11-14)29(26,27)21-17-12-15(22(24)25)7-8-18(17)28-3/h4-8,11-13,21H,9-10H2,1-3H3,(H,20,23). The molecule has 156 valence electrons. The summed E-state index contributed by atoms with van der Waals surface area (Å²) >= 11 is 0. The molecule has 1 amide bonds. The fourth-order valence-corrected chi connectivity index (χ4v) is 3.58. The zero-order chi connectivity index (χ0) is 21.6. The second-order valence-corrected chi connectivity index (χ2v) is 8.40. The highest BCUT2D eigenvalue weighted by Gasteiger charge is 2.20. The van der Waals surface area contributed by atoms with Crippen LogP contribution in [0.5, 0.6) is 5.75 Å². The summed E-state index contributed by atoms with van der Waals surface area (Å²) in [5.74, 6) is 0.175. The van der Waals surface area contributed by atoms with E-state index < -0.39 is 14.9 Å². The largest absolute Gasteiger partial charge is 0.495 e. The molecule has 2 aromatic carbocycles. The third-order valence-electron chi connectivity index (χ3n) is 4.05. The molecule has 2 aromatic rings. The summed E-state index contributed by atoms with van der Waals surface area (Å²) < 4.78 is 32.9. The minimum atomic E-state index is -4.11. The minimum absolute atomic E-state index is 0.0755. The normalized spacial score (nSPS) is 11.2. The van der Waals surface area contributed by atoms with Gasteiger partial charge in [0.1, 0.15) is 5.75 Å². The van der Waals surface area contributed by atoms with Crippen LogP contribution in [0.15, 0.2) is 47.4 Å². The first-order valence-electron chi connectivity index (χ1n) is 8.87. The van der Waals surface area contributed by atoms with Crippen molar-refractivity contribution >= 4 is 27.3 Å². The molecule has 0 aliphatic carbocycles. The molecule has 9 nitrogen and oxygen atoms in total. The van der Waals surface area contributed by atoms with Gasteiger partial charge >= 0.3 is 0 Å². The second kappa shape index (κ2) is 9.37. The molecule has 0 atom stereocenters. The number of nitro benzene ring substituents is 1. The smallest absolute Gasteiger partial charge is 0.271 e. The first-order chi connectivity index (χ1) is 13.6. The molecule has 0 fully saturated rings. The van der Waals surface area contributed by atoms with E-state index in [9.17, 15) is 23.3 Å². The Labute approximate surface area is 169 Å². The number of carbonyl (C=O) groups is 1. The number of anilines is 1. The molecule has 0 saturated carbocycles. The molecule has 0 spiro atoms. The van der Waals surface area contributed by atoms with E-state index >= 15 is 0 Å². The lowest BCUT2D eigenvalue weighted by molar-refractivity contribution is -0.384. The average molecular weight is 421 g/mol. The van der Waals surface area contributed by atoms with Crippen molar-refractivity contribution in [2.75, 3.05) is 18.4 Å². The fraction of sp³-hybridized carbons (Fsp3) is 0.316. The van der Waals surface area contributed by atoms with E-state index in [1.807, 2.05) is 13.8 Å². The predicted molar refractivity (Wildman–Crippen MR) is 109 cm³/mol. The van der Waals surface area contributed by atoms with Gasteiger partial charge in [-0.15, -0.1) is 0 Å². The quantitative estimate of drug-likeness (QED) is 0.473. The van der Waals surface area contributed by atoms with Crippen LogP contribution < -0.4 is 14.8 Å². The van der Waals surface area contributed by atoms with Crippen molar-refractivity contribution in [1.82, 2.24) is 5.32 Å². The third-order valence-corrected chi connectivity index (χ3v) is 5.42. The third kappa shape index (κ3) is 5.92. The molecule has 0 bridgehead atoms. The van der Waals surface area contributed by atoms with Gasteiger partial charge < -0.3 is 10.1 Å². The minimum Gasteiger partial charge on any atom is -0.495 e. The van der Waals surface area contributed by atoms with E-state index in [-0.39, 0.29) is 33.5 Å². The number of hydrogen-bond donors (Lipinski definition) is 2. The lowest BCUT2D eigenvalue weighted by Crippen LogP contribution is -2.25. The van der Waals surface area contributed by atoms with Gasteiger partial charge in [0.25, 0.3) is 21.6 Å². The van der Waals surface area contributed by atoms with E-state index in [1.54, 1.807) is 0 Å². The van der Waals surface area contributed by atoms with Crippen molar-refractivity contribution in [1.29, 1.82) is 0 Å². The van der Waals surface area contributed by atoms with Gasteiger partial charge in [0, 0.05) is 24.2 Å². The highest BCUT2D eigenvalue weighted by atomic mass is 32.2. The summed E-state index contributed by atoms with van der Waals surface area (Å²) in [6.45, 7) is 4.55. The molecule has 2 rings (SSSR count). The number of sulfonamides is 1. The van der Waals surface area contributed by atoms with Crippen LogP contribution >= 0.6 is 0 Å². The molecule has 0 aliphatic rings. The number of non-ortho nitro benzene ring substituents is 1. The van der Waals surface area contributed by atoms with Crippen LogP contribution in [0, 0.1) is 16.0 Å². The highest BCUT2D eigenvalue weighted by molar-refractivity contribution is 7.92. The molecule has 0 aliphatic heterocycles. The fourth-order valence-electron chi connectivity index (χ4n) is 2.47. The van der Waals surface area contributed by atoms with Crippen molar-refractivity contribution in [3.05, 3.63) is 58.1 Å². The molecule has 10 heteroatoms. The van der Waals surface area contributed by atoms with Crippen LogP contribution in [0.2, 0.25) is 0 Å². The van der Waals surface area contributed by atoms with Gasteiger partial charge in [-0.3, -0.25) is 19.6 Å². The van der Waals surface area contributed by atoms with Gasteiger partial charge in [0.05, 0.1) is 22.6 Å². The molecule has 0 aromatic heterocycles. The van der Waals surface area contributed by atoms with Crippen molar-refractivity contribution in [3.8, 4) is 5.75 Å². The number of nitrogens with one attached hydrogen (secondary N) is 2. The summed E-state index contributed by atoms with van der Waals surface area (Å²) in [7, 11) is -2.79. The number of rotatable bonds is 9. The Hall–Kier alpha value is -3.14. The van der Waals surface area contributed by atoms with E-state index in [1.165, 1.54) is 43.5 Å². The number of benzene rings is 2. The van der Waals surface area contributed by atoms with Gasteiger partial charge in [-0.1, -0.05) is 19.9 Å². The van der Waals surface area contributed by atoms with Gasteiger partial charge in [0.2, 0.25) is 0 Å². The zero-order valence-electron chi connectivity index (χ0n) is 16.3. The Bertz CT molecular complexity index is 1000. The summed E-state index contributed by atoms with van der Waals surface area (Å²) in [6.07, 6.45) is 0.803. The van der Waals surface area contributed by atoms with Crippen molar-refractivity contribution in [2.45, 2.75) is 25.2 Å². The van der Waals surface area contributed by atoms with Crippen LogP contribution in [-0.4, -0.2) is 32.9 Å². The maximum atomic E-state index is 12.8. The van der Waals surface area contributed by atoms with E-state index in [0.717, 1.165) is 12.5 Å². The Morgan fingerprint density at radius 2 is 1.93 bits per heavy atom. The van der Waals surface area contributed by atoms with E-state index in [0.29, 0.717) is 12.5 Å². The molecule has 2 N–H and O–H groups in total. The lowest BCUT2D eigenvalue weighted by Gasteiger charge is -2.12. The van der Waals surface area contributed by atoms with Crippen LogP contribution in [0.1, 0.15) is 30.6 Å². The van der Waals surface area contributed by atoms with Gasteiger partial charge in [0.15, 0.2) is 0 Å². The summed E-state index contributed by atoms with van der Waals surface area (Å²) in [5.41, 5.74) is -0.169. The Kier molecular flexibility index (Phi) is 7.16. The summed E-state index contributed by atoms with van der Waals surface area (Å²) in [5, 5.41) is 13.7. The van der Waals surface area contributed by atoms with Crippen LogP contribution in [0.25, 0.3) is 0 Å². The molecule has 0 unspecified atom stereocenters. The molecular weight excluding hydrogens is 398 g/mol. The van der Waals surface area contributed by atoms with Crippen LogP contribution in [0.4, 0.5) is 11.4 Å². The van der Waals surface area contributed by atoms with Crippen molar-refractivity contribution in [3.63, 3.8) is 0 Å². The predicted octanol–water partition coefficient (Wildman–Crippen LogP) is 3.18. The Morgan fingerprint density at radius 3 is 2.55 bits per heavy atom. The second-order valence-electron chi connectivity index (χ2n) is 6.71. The van der Waals surface area contributed by atoms with Gasteiger partial charge in [-0.2, -0.15) is 0 Å². The zero-order valence-corrected chi connectivity index (χ0v) is 17.2. The number of ether oxygens (including phenoxy) is 1. The van der Waals surface area contributed by atoms with Crippen LogP contribution in [0.3, 0.4) is 0 Å². The highest BCUT2D eigenvalue weighted by Crippen LogP contribution is 2.30. The Morgan fingerprint density at radius 1 is 1.21 bits per heavy atom. The molecule has 0 radical (unpaired) electrons. The van der Waals surface area contributed by atoms with Crippen molar-refractivity contribution < 1.29 is 22.9 Å².